The fourth-order valence-corrected chi connectivity index (χ4v) is 2.90. The van der Waals surface area contributed by atoms with Crippen molar-refractivity contribution in [3.63, 3.8) is 0 Å². The second kappa shape index (κ2) is 6.74. The molecule has 0 saturated heterocycles. The molecule has 0 bridgehead atoms. The second-order valence-electron chi connectivity index (χ2n) is 4.78. The van der Waals surface area contributed by atoms with Gasteiger partial charge in [-0.05, 0) is 31.5 Å². The van der Waals surface area contributed by atoms with Crippen molar-refractivity contribution in [2.45, 2.75) is 19.9 Å². The van der Waals surface area contributed by atoms with Crippen LogP contribution in [0.5, 0.6) is 5.75 Å². The molecule has 8 heteroatoms. The first kappa shape index (κ1) is 16.9. The quantitative estimate of drug-likeness (QED) is 0.874. The number of aromatic nitrogens is 1. The van der Waals surface area contributed by atoms with Gasteiger partial charge in [-0.15, -0.1) is 11.3 Å². The van der Waals surface area contributed by atoms with Crippen LogP contribution in [0.25, 0.3) is 0 Å². The molecule has 0 radical (unpaired) electrons. The lowest BCUT2D eigenvalue weighted by atomic mass is 10.1. The highest BCUT2D eigenvalue weighted by atomic mass is 32.1. The third kappa shape index (κ3) is 3.65. The summed E-state index contributed by atoms with van der Waals surface area (Å²) >= 11 is 1.34. The molecule has 0 spiro atoms. The highest BCUT2D eigenvalue weighted by Gasteiger charge is 2.25. The molecule has 122 valence electrons. The molecule has 1 aromatic heterocycles. The van der Waals surface area contributed by atoms with E-state index in [1.165, 1.54) is 30.6 Å². The van der Waals surface area contributed by atoms with Crippen LogP contribution in [-0.4, -0.2) is 29.1 Å². The molecular weight excluding hydrogens is 323 g/mol. The maximum Gasteiger partial charge on any atom is 0.330 e. The topological polar surface area (TPSA) is 88.5 Å². The number of ether oxygens (including phenoxy) is 1. The van der Waals surface area contributed by atoms with Gasteiger partial charge < -0.3 is 15.2 Å². The SMILES string of the molecule is COc1ccc(C(NC(=O)c2nc(C)sc2C)C(=O)O)cc1F. The summed E-state index contributed by atoms with van der Waals surface area (Å²) in [5.74, 6) is -2.62. The Kier molecular flexibility index (Phi) is 4.95. The molecule has 6 nitrogen and oxygen atoms in total. The van der Waals surface area contributed by atoms with E-state index in [9.17, 15) is 19.1 Å². The number of hydrogen-bond donors (Lipinski definition) is 2. The number of methoxy groups -OCH3 is 1. The van der Waals surface area contributed by atoms with Crippen molar-refractivity contribution in [2.24, 2.45) is 0 Å². The summed E-state index contributed by atoms with van der Waals surface area (Å²) < 4.78 is 18.6. The van der Waals surface area contributed by atoms with Crippen LogP contribution in [0.1, 0.15) is 32.0 Å². The molecule has 1 aromatic carbocycles. The molecule has 0 saturated carbocycles. The Labute approximate surface area is 135 Å². The van der Waals surface area contributed by atoms with Gasteiger partial charge in [-0.25, -0.2) is 14.2 Å². The minimum absolute atomic E-state index is 0.00446. The first-order valence-electron chi connectivity index (χ1n) is 6.64. The van der Waals surface area contributed by atoms with E-state index in [-0.39, 0.29) is 17.0 Å². The number of aryl methyl sites for hydroxylation is 2. The van der Waals surface area contributed by atoms with Gasteiger partial charge in [0.15, 0.2) is 17.6 Å². The van der Waals surface area contributed by atoms with E-state index in [0.717, 1.165) is 6.07 Å². The smallest absolute Gasteiger partial charge is 0.330 e. The van der Waals surface area contributed by atoms with E-state index in [2.05, 4.69) is 10.3 Å². The number of amides is 1. The van der Waals surface area contributed by atoms with Crippen LogP contribution in [0.4, 0.5) is 4.39 Å². The van der Waals surface area contributed by atoms with Crippen molar-refractivity contribution >= 4 is 23.2 Å². The van der Waals surface area contributed by atoms with Crippen molar-refractivity contribution in [1.82, 2.24) is 10.3 Å². The number of carboxylic acid groups (broad SMARTS) is 1. The van der Waals surface area contributed by atoms with Gasteiger partial charge in [0, 0.05) is 4.88 Å². The number of carbonyl (C=O) groups is 2. The number of thiazole rings is 1. The summed E-state index contributed by atoms with van der Waals surface area (Å²) in [6, 6.07) is 2.34. The van der Waals surface area contributed by atoms with Crippen LogP contribution in [-0.2, 0) is 4.79 Å². The van der Waals surface area contributed by atoms with Crippen molar-refractivity contribution in [2.75, 3.05) is 7.11 Å². The van der Waals surface area contributed by atoms with E-state index < -0.39 is 23.7 Å². The molecule has 2 N–H and O–H groups in total. The minimum atomic E-state index is -1.38. The van der Waals surface area contributed by atoms with Crippen LogP contribution >= 0.6 is 11.3 Å². The van der Waals surface area contributed by atoms with E-state index in [0.29, 0.717) is 9.88 Å². The highest BCUT2D eigenvalue weighted by molar-refractivity contribution is 7.11. The van der Waals surface area contributed by atoms with Gasteiger partial charge in [0.1, 0.15) is 5.69 Å². The minimum Gasteiger partial charge on any atom is -0.494 e. The van der Waals surface area contributed by atoms with Gasteiger partial charge in [-0.1, -0.05) is 6.07 Å². The Morgan fingerprint density at radius 1 is 1.39 bits per heavy atom. The molecule has 0 aliphatic heterocycles. The van der Waals surface area contributed by atoms with Crippen molar-refractivity contribution in [3.8, 4) is 5.75 Å². The van der Waals surface area contributed by atoms with Crippen LogP contribution in [0.2, 0.25) is 0 Å². The zero-order valence-electron chi connectivity index (χ0n) is 12.7. The predicted molar refractivity (Wildman–Crippen MR) is 82.4 cm³/mol. The second-order valence-corrected chi connectivity index (χ2v) is 6.18. The Bertz CT molecular complexity index is 760. The van der Waals surface area contributed by atoms with Gasteiger partial charge in [0.25, 0.3) is 5.91 Å². The number of nitrogens with zero attached hydrogens (tertiary/aromatic N) is 1. The van der Waals surface area contributed by atoms with E-state index >= 15 is 0 Å². The van der Waals surface area contributed by atoms with Crippen LogP contribution in [0.15, 0.2) is 18.2 Å². The molecule has 1 amide bonds. The number of nitrogens with one attached hydrogen (secondary N) is 1. The van der Waals surface area contributed by atoms with Crippen LogP contribution in [0.3, 0.4) is 0 Å². The Morgan fingerprint density at radius 3 is 2.57 bits per heavy atom. The monoisotopic (exact) mass is 338 g/mol. The first-order valence-corrected chi connectivity index (χ1v) is 7.46. The molecule has 1 heterocycles. The van der Waals surface area contributed by atoms with Crippen molar-refractivity contribution in [3.05, 3.63) is 45.2 Å². The van der Waals surface area contributed by atoms with Gasteiger partial charge in [0.2, 0.25) is 0 Å². The Balaban J connectivity index is 2.29. The summed E-state index contributed by atoms with van der Waals surface area (Å²) in [5.41, 5.74) is 0.279. The number of halogens is 1. The lowest BCUT2D eigenvalue weighted by Gasteiger charge is -2.15. The first-order chi connectivity index (χ1) is 10.8. The summed E-state index contributed by atoms with van der Waals surface area (Å²) in [6.07, 6.45) is 0. The standard InChI is InChI=1S/C15H15FN2O4S/c1-7-12(17-8(2)23-7)14(19)18-13(15(20)21)9-4-5-11(22-3)10(16)6-9/h4-6,13H,1-3H3,(H,18,19)(H,20,21). The van der Waals surface area contributed by atoms with Gasteiger partial charge in [-0.3, -0.25) is 4.79 Å². The number of carboxylic acids is 1. The third-order valence-corrected chi connectivity index (χ3v) is 4.04. The maximum atomic E-state index is 13.8. The van der Waals surface area contributed by atoms with E-state index in [1.807, 2.05) is 0 Å². The molecular formula is C15H15FN2O4S. The molecule has 2 aromatic rings. The Morgan fingerprint density at radius 2 is 2.09 bits per heavy atom. The van der Waals surface area contributed by atoms with Crippen molar-refractivity contribution in [1.29, 1.82) is 0 Å². The zero-order chi connectivity index (χ0) is 17.1. The van der Waals surface area contributed by atoms with E-state index in [1.54, 1.807) is 13.8 Å². The van der Waals surface area contributed by atoms with Crippen LogP contribution in [0, 0.1) is 19.7 Å². The van der Waals surface area contributed by atoms with Crippen LogP contribution < -0.4 is 10.1 Å². The van der Waals surface area contributed by atoms with E-state index in [4.69, 9.17) is 4.74 Å². The van der Waals surface area contributed by atoms with Crippen molar-refractivity contribution < 1.29 is 23.8 Å². The normalized spacial score (nSPS) is 11.8. The van der Waals surface area contributed by atoms with Gasteiger partial charge >= 0.3 is 5.97 Å². The molecule has 0 fully saturated rings. The summed E-state index contributed by atoms with van der Waals surface area (Å²) in [7, 11) is 1.31. The number of rotatable bonds is 5. The summed E-state index contributed by atoms with van der Waals surface area (Å²) in [6.45, 7) is 3.48. The molecule has 0 aliphatic rings. The average molecular weight is 338 g/mol. The molecule has 1 atom stereocenters. The Hall–Kier alpha value is -2.48. The lowest BCUT2D eigenvalue weighted by Crippen LogP contribution is -2.34. The van der Waals surface area contributed by atoms with Gasteiger partial charge in [0.05, 0.1) is 12.1 Å². The largest absolute Gasteiger partial charge is 0.494 e. The number of aliphatic carboxylic acids is 1. The summed E-state index contributed by atoms with van der Waals surface area (Å²) in [5, 5.41) is 12.4. The average Bonchev–Trinajstić information content (AvgIpc) is 2.83. The number of carbonyl (C=O) groups excluding carboxylic acids is 1. The molecule has 23 heavy (non-hydrogen) atoms. The molecule has 0 aliphatic carbocycles. The zero-order valence-corrected chi connectivity index (χ0v) is 13.5. The maximum absolute atomic E-state index is 13.8. The summed E-state index contributed by atoms with van der Waals surface area (Å²) in [4.78, 5) is 28.4. The number of benzene rings is 1. The highest BCUT2D eigenvalue weighted by Crippen LogP contribution is 2.23. The molecule has 2 rings (SSSR count). The molecule has 1 unspecified atom stereocenters. The predicted octanol–water partition coefficient (Wildman–Crippen LogP) is 2.46. The number of hydrogen-bond acceptors (Lipinski definition) is 5. The fourth-order valence-electron chi connectivity index (χ4n) is 2.09. The third-order valence-electron chi connectivity index (χ3n) is 3.15. The fraction of sp³-hybridized carbons (Fsp3) is 0.267. The lowest BCUT2D eigenvalue weighted by molar-refractivity contribution is -0.139. The van der Waals surface area contributed by atoms with Gasteiger partial charge in [-0.2, -0.15) is 0 Å².